The molecule has 0 bridgehead atoms. The smallest absolute Gasteiger partial charge is 0.251 e. The Labute approximate surface area is 145 Å². The van der Waals surface area contributed by atoms with Gasteiger partial charge in [0.2, 0.25) is 5.91 Å². The third-order valence-electron chi connectivity index (χ3n) is 4.49. The number of nitrogens with one attached hydrogen (secondary N) is 1. The fraction of sp³-hybridized carbons (Fsp3) is 0.316. The van der Waals surface area contributed by atoms with Gasteiger partial charge in [0, 0.05) is 29.6 Å². The van der Waals surface area contributed by atoms with E-state index in [-0.39, 0.29) is 12.3 Å². The van der Waals surface area contributed by atoms with Crippen LogP contribution in [0.25, 0.3) is 0 Å². The molecule has 124 valence electrons. The molecule has 1 amide bonds. The fourth-order valence-electron chi connectivity index (χ4n) is 3.31. The predicted octanol–water partition coefficient (Wildman–Crippen LogP) is 4.56. The van der Waals surface area contributed by atoms with Gasteiger partial charge in [0.15, 0.2) is 11.5 Å². The van der Waals surface area contributed by atoms with Crippen LogP contribution in [0.5, 0.6) is 11.5 Å². The summed E-state index contributed by atoms with van der Waals surface area (Å²) in [6.45, 7) is 0. The van der Waals surface area contributed by atoms with E-state index < -0.39 is 5.79 Å². The van der Waals surface area contributed by atoms with E-state index in [2.05, 4.69) is 5.32 Å². The third kappa shape index (κ3) is 2.94. The Kier molecular flexibility index (Phi) is 3.85. The largest absolute Gasteiger partial charge is 0.448 e. The van der Waals surface area contributed by atoms with Gasteiger partial charge in [-0.1, -0.05) is 29.8 Å². The zero-order chi connectivity index (χ0) is 16.6. The van der Waals surface area contributed by atoms with Gasteiger partial charge in [-0.3, -0.25) is 4.79 Å². The normalized spacial score (nSPS) is 17.2. The molecule has 1 N–H and O–H groups in total. The molecule has 2 aromatic carbocycles. The van der Waals surface area contributed by atoms with Crippen LogP contribution in [0.3, 0.4) is 0 Å². The van der Waals surface area contributed by atoms with Crippen LogP contribution in [0.1, 0.15) is 31.2 Å². The van der Waals surface area contributed by atoms with Crippen molar-refractivity contribution in [2.24, 2.45) is 0 Å². The number of halogens is 1. The molecule has 2 aliphatic rings. The summed E-state index contributed by atoms with van der Waals surface area (Å²) in [4.78, 5) is 12.2. The van der Waals surface area contributed by atoms with E-state index in [0.29, 0.717) is 16.5 Å². The van der Waals surface area contributed by atoms with E-state index in [9.17, 15) is 4.79 Å². The Bertz CT molecular complexity index is 784. The molecule has 4 nitrogen and oxygen atoms in total. The monoisotopic (exact) mass is 343 g/mol. The number of ether oxygens (including phenoxy) is 2. The number of benzene rings is 2. The summed E-state index contributed by atoms with van der Waals surface area (Å²) in [5, 5.41) is 3.49. The second-order valence-electron chi connectivity index (χ2n) is 6.30. The molecule has 0 atom stereocenters. The first-order valence-electron chi connectivity index (χ1n) is 8.19. The second kappa shape index (κ2) is 6.02. The van der Waals surface area contributed by atoms with Crippen LogP contribution in [0.2, 0.25) is 5.02 Å². The Hall–Kier alpha value is -2.20. The van der Waals surface area contributed by atoms with Gasteiger partial charge in [-0.15, -0.1) is 0 Å². The Morgan fingerprint density at radius 3 is 2.62 bits per heavy atom. The van der Waals surface area contributed by atoms with E-state index in [4.69, 9.17) is 21.1 Å². The summed E-state index contributed by atoms with van der Waals surface area (Å²) in [5.41, 5.74) is 1.51. The van der Waals surface area contributed by atoms with Crippen molar-refractivity contribution >= 4 is 23.2 Å². The number of anilines is 1. The Balaban J connectivity index is 1.45. The van der Waals surface area contributed by atoms with Gasteiger partial charge in [-0.25, -0.2) is 0 Å². The predicted molar refractivity (Wildman–Crippen MR) is 92.7 cm³/mol. The lowest BCUT2D eigenvalue weighted by atomic mass is 10.1. The molecule has 1 saturated carbocycles. The first-order valence-corrected chi connectivity index (χ1v) is 8.57. The van der Waals surface area contributed by atoms with Crippen molar-refractivity contribution in [1.82, 2.24) is 0 Å². The quantitative estimate of drug-likeness (QED) is 0.888. The molecule has 24 heavy (non-hydrogen) atoms. The highest BCUT2D eigenvalue weighted by Crippen LogP contribution is 2.47. The third-order valence-corrected chi connectivity index (χ3v) is 4.86. The lowest BCUT2D eigenvalue weighted by Gasteiger charge is -2.21. The van der Waals surface area contributed by atoms with Crippen molar-refractivity contribution in [2.45, 2.75) is 37.9 Å². The summed E-state index contributed by atoms with van der Waals surface area (Å²) in [5.74, 6) is 0.855. The first kappa shape index (κ1) is 15.3. The van der Waals surface area contributed by atoms with Crippen LogP contribution < -0.4 is 14.8 Å². The van der Waals surface area contributed by atoms with Gasteiger partial charge in [-0.2, -0.15) is 0 Å². The van der Waals surface area contributed by atoms with Crippen LogP contribution in [0.4, 0.5) is 5.69 Å². The van der Waals surface area contributed by atoms with Crippen molar-refractivity contribution in [3.05, 3.63) is 53.1 Å². The summed E-state index contributed by atoms with van der Waals surface area (Å²) in [6, 6.07) is 12.9. The molecule has 5 heteroatoms. The molecule has 0 radical (unpaired) electrons. The van der Waals surface area contributed by atoms with Gasteiger partial charge < -0.3 is 14.8 Å². The van der Waals surface area contributed by atoms with Crippen LogP contribution in [-0.2, 0) is 11.2 Å². The highest BCUT2D eigenvalue weighted by molar-refractivity contribution is 6.31. The van der Waals surface area contributed by atoms with E-state index in [1.807, 2.05) is 36.4 Å². The first-order chi connectivity index (χ1) is 11.6. The minimum absolute atomic E-state index is 0.113. The molecule has 0 aromatic heterocycles. The molecule has 1 aliphatic heterocycles. The summed E-state index contributed by atoms with van der Waals surface area (Å²) in [6.07, 6.45) is 4.30. The SMILES string of the molecule is O=C(Cc1ccccc1Cl)Nc1ccc2c(c1)OC1(CCCC1)O2. The number of hydrogen-bond donors (Lipinski definition) is 1. The summed E-state index contributed by atoms with van der Waals surface area (Å²) < 4.78 is 12.0. The van der Waals surface area contributed by atoms with Crippen LogP contribution >= 0.6 is 11.6 Å². The molecular weight excluding hydrogens is 326 g/mol. The number of carbonyl (C=O) groups excluding carboxylic acids is 1. The van der Waals surface area contributed by atoms with Crippen LogP contribution in [0, 0.1) is 0 Å². The van der Waals surface area contributed by atoms with Crippen LogP contribution in [-0.4, -0.2) is 11.7 Å². The molecule has 0 saturated heterocycles. The Morgan fingerprint density at radius 1 is 1.08 bits per heavy atom. The van der Waals surface area contributed by atoms with Crippen LogP contribution in [0.15, 0.2) is 42.5 Å². The lowest BCUT2D eigenvalue weighted by Crippen LogP contribution is -2.34. The maximum Gasteiger partial charge on any atom is 0.251 e. The average Bonchev–Trinajstić information content (AvgIpc) is 3.15. The molecule has 0 unspecified atom stereocenters. The van der Waals surface area contributed by atoms with Crippen molar-refractivity contribution in [2.75, 3.05) is 5.32 Å². The number of amides is 1. The minimum Gasteiger partial charge on any atom is -0.448 e. The molecule has 2 aromatic rings. The zero-order valence-corrected chi connectivity index (χ0v) is 13.9. The van der Waals surface area contributed by atoms with Crippen molar-refractivity contribution in [3.8, 4) is 11.5 Å². The van der Waals surface area contributed by atoms with Gasteiger partial charge in [0.1, 0.15) is 0 Å². The average molecular weight is 344 g/mol. The number of carbonyl (C=O) groups is 1. The van der Waals surface area contributed by atoms with E-state index in [1.165, 1.54) is 0 Å². The van der Waals surface area contributed by atoms with E-state index >= 15 is 0 Å². The number of rotatable bonds is 3. The van der Waals surface area contributed by atoms with Crippen molar-refractivity contribution in [1.29, 1.82) is 0 Å². The highest BCUT2D eigenvalue weighted by Gasteiger charge is 2.44. The minimum atomic E-state index is -0.484. The molecule has 1 fully saturated rings. The molecule has 1 heterocycles. The lowest BCUT2D eigenvalue weighted by molar-refractivity contribution is -0.115. The zero-order valence-electron chi connectivity index (χ0n) is 13.2. The number of hydrogen-bond acceptors (Lipinski definition) is 3. The summed E-state index contributed by atoms with van der Waals surface area (Å²) >= 11 is 6.10. The van der Waals surface area contributed by atoms with Crippen molar-refractivity contribution in [3.63, 3.8) is 0 Å². The summed E-state index contributed by atoms with van der Waals surface area (Å²) in [7, 11) is 0. The van der Waals surface area contributed by atoms with Gasteiger partial charge in [0.25, 0.3) is 5.79 Å². The van der Waals surface area contributed by atoms with E-state index in [0.717, 1.165) is 37.0 Å². The molecule has 1 aliphatic carbocycles. The van der Waals surface area contributed by atoms with Gasteiger partial charge in [-0.05, 0) is 36.6 Å². The molecule has 4 rings (SSSR count). The highest BCUT2D eigenvalue weighted by atomic mass is 35.5. The maximum atomic E-state index is 12.2. The maximum absolute atomic E-state index is 12.2. The van der Waals surface area contributed by atoms with Gasteiger partial charge in [0.05, 0.1) is 6.42 Å². The number of fused-ring (bicyclic) bond motifs is 1. The van der Waals surface area contributed by atoms with Crippen molar-refractivity contribution < 1.29 is 14.3 Å². The standard InChI is InChI=1S/C19H18ClNO3/c20-15-6-2-1-5-13(15)11-18(22)21-14-7-8-16-17(12-14)24-19(23-16)9-3-4-10-19/h1-2,5-8,12H,3-4,9-11H2,(H,21,22). The Morgan fingerprint density at radius 2 is 1.83 bits per heavy atom. The van der Waals surface area contributed by atoms with E-state index in [1.54, 1.807) is 6.07 Å². The topological polar surface area (TPSA) is 47.6 Å². The van der Waals surface area contributed by atoms with Gasteiger partial charge >= 0.3 is 0 Å². The molecular formula is C19H18ClNO3. The molecule has 1 spiro atoms. The second-order valence-corrected chi connectivity index (χ2v) is 6.71. The fourth-order valence-corrected chi connectivity index (χ4v) is 3.51.